The van der Waals surface area contributed by atoms with Crippen LogP contribution in [0.3, 0.4) is 0 Å². The summed E-state index contributed by atoms with van der Waals surface area (Å²) in [4.78, 5) is 4.38. The average Bonchev–Trinajstić information content (AvgIpc) is 2.57. The molecule has 0 spiro atoms. The van der Waals surface area contributed by atoms with Crippen molar-refractivity contribution in [3.05, 3.63) is 34.6 Å². The molecule has 1 aromatic carbocycles. The second kappa shape index (κ2) is 6.85. The van der Waals surface area contributed by atoms with Gasteiger partial charge < -0.3 is 10.0 Å². The Bertz CT molecular complexity index is 457. The van der Waals surface area contributed by atoms with Crippen molar-refractivity contribution in [2.45, 2.75) is 25.0 Å². The van der Waals surface area contributed by atoms with Gasteiger partial charge in [0.15, 0.2) is 0 Å². The molecule has 1 saturated heterocycles. The Labute approximate surface area is 124 Å². The molecule has 2 rings (SSSR count). The Balaban J connectivity index is 2.09. The second-order valence-electron chi connectivity index (χ2n) is 5.65. The molecule has 1 N–H and O–H groups in total. The fourth-order valence-corrected chi connectivity index (χ4v) is 2.98. The summed E-state index contributed by atoms with van der Waals surface area (Å²) in [6.07, 6.45) is 0.769. The van der Waals surface area contributed by atoms with E-state index in [2.05, 4.69) is 16.8 Å². The first-order chi connectivity index (χ1) is 9.49. The fraction of sp³-hybridized carbons (Fsp3) is 0.600. The lowest BCUT2D eigenvalue weighted by Gasteiger charge is -2.31. The predicted molar refractivity (Wildman–Crippen MR) is 79.7 cm³/mol. The highest BCUT2D eigenvalue weighted by Gasteiger charge is 2.28. The van der Waals surface area contributed by atoms with E-state index in [-0.39, 0.29) is 17.5 Å². The second-order valence-corrected chi connectivity index (χ2v) is 6.06. The van der Waals surface area contributed by atoms with Gasteiger partial charge in [-0.1, -0.05) is 23.7 Å². The third kappa shape index (κ3) is 3.70. The van der Waals surface area contributed by atoms with Gasteiger partial charge in [0.1, 0.15) is 5.82 Å². The summed E-state index contributed by atoms with van der Waals surface area (Å²) in [6, 6.07) is 4.94. The molecular weight excluding hydrogens is 279 g/mol. The first-order valence-electron chi connectivity index (χ1n) is 6.98. The molecule has 5 heteroatoms. The van der Waals surface area contributed by atoms with E-state index in [4.69, 9.17) is 11.6 Å². The molecule has 1 heterocycles. The molecule has 1 aliphatic heterocycles. The standard InChI is InChI=1S/C15H22ClFN2O/c1-18-7-4-8-19(2)13(10-18)14(20)9-11-5-3-6-12(16)15(11)17/h3,5-6,13-14,20H,4,7-10H2,1-2H3. The van der Waals surface area contributed by atoms with Crippen LogP contribution in [-0.2, 0) is 6.42 Å². The van der Waals surface area contributed by atoms with Gasteiger partial charge in [0.05, 0.1) is 11.1 Å². The van der Waals surface area contributed by atoms with Crippen LogP contribution in [0.1, 0.15) is 12.0 Å². The minimum Gasteiger partial charge on any atom is -0.391 e. The molecule has 2 atom stereocenters. The first kappa shape index (κ1) is 15.7. The van der Waals surface area contributed by atoms with E-state index in [0.717, 1.165) is 26.1 Å². The van der Waals surface area contributed by atoms with Crippen molar-refractivity contribution in [1.29, 1.82) is 0 Å². The molecule has 1 aliphatic rings. The smallest absolute Gasteiger partial charge is 0.145 e. The third-order valence-electron chi connectivity index (χ3n) is 4.02. The van der Waals surface area contributed by atoms with E-state index >= 15 is 0 Å². The quantitative estimate of drug-likeness (QED) is 0.925. The minimum absolute atomic E-state index is 0.0147. The molecule has 0 amide bonds. The highest BCUT2D eigenvalue weighted by atomic mass is 35.5. The summed E-state index contributed by atoms with van der Waals surface area (Å²) in [5.74, 6) is -0.419. The lowest BCUT2D eigenvalue weighted by molar-refractivity contribution is 0.0575. The lowest BCUT2D eigenvalue weighted by atomic mass is 10.0. The summed E-state index contributed by atoms with van der Waals surface area (Å²) in [7, 11) is 4.07. The molecule has 1 fully saturated rings. The van der Waals surface area contributed by atoms with Crippen molar-refractivity contribution in [1.82, 2.24) is 9.80 Å². The number of halogens is 2. The van der Waals surface area contributed by atoms with Crippen LogP contribution >= 0.6 is 11.6 Å². The van der Waals surface area contributed by atoms with Gasteiger partial charge in [-0.2, -0.15) is 0 Å². The zero-order chi connectivity index (χ0) is 14.7. The van der Waals surface area contributed by atoms with E-state index < -0.39 is 11.9 Å². The summed E-state index contributed by atoms with van der Waals surface area (Å²) < 4.78 is 13.9. The van der Waals surface area contributed by atoms with E-state index in [1.807, 2.05) is 7.05 Å². The number of nitrogens with zero attached hydrogens (tertiary/aromatic N) is 2. The van der Waals surface area contributed by atoms with E-state index in [9.17, 15) is 9.50 Å². The normalized spacial score (nSPS) is 23.6. The number of hydrogen-bond donors (Lipinski definition) is 1. The van der Waals surface area contributed by atoms with Crippen molar-refractivity contribution in [3.63, 3.8) is 0 Å². The summed E-state index contributed by atoms with van der Waals surface area (Å²) in [6.45, 7) is 2.77. The molecule has 3 nitrogen and oxygen atoms in total. The van der Waals surface area contributed by atoms with E-state index in [0.29, 0.717) is 5.56 Å². The fourth-order valence-electron chi connectivity index (χ4n) is 2.79. The summed E-state index contributed by atoms with van der Waals surface area (Å²) in [5, 5.41) is 10.6. The van der Waals surface area contributed by atoms with Crippen LogP contribution in [0.15, 0.2) is 18.2 Å². The van der Waals surface area contributed by atoms with Crippen molar-refractivity contribution in [2.24, 2.45) is 0 Å². The number of aliphatic hydroxyl groups excluding tert-OH is 1. The number of likely N-dealkylation sites (N-methyl/N-ethyl adjacent to an activating group) is 2. The molecule has 0 aliphatic carbocycles. The molecule has 0 saturated carbocycles. The van der Waals surface area contributed by atoms with Gasteiger partial charge in [-0.15, -0.1) is 0 Å². The minimum atomic E-state index is -0.603. The molecule has 2 unspecified atom stereocenters. The Morgan fingerprint density at radius 1 is 1.40 bits per heavy atom. The van der Waals surface area contributed by atoms with Gasteiger partial charge >= 0.3 is 0 Å². The van der Waals surface area contributed by atoms with Gasteiger partial charge in [-0.25, -0.2) is 4.39 Å². The predicted octanol–water partition coefficient (Wildman–Crippen LogP) is 2.02. The van der Waals surface area contributed by atoms with Crippen LogP contribution in [0.25, 0.3) is 0 Å². The number of aliphatic hydroxyl groups is 1. The van der Waals surface area contributed by atoms with E-state index in [1.165, 1.54) is 6.07 Å². The topological polar surface area (TPSA) is 26.7 Å². The summed E-state index contributed by atoms with van der Waals surface area (Å²) >= 11 is 5.79. The molecule has 20 heavy (non-hydrogen) atoms. The zero-order valence-electron chi connectivity index (χ0n) is 12.0. The van der Waals surface area contributed by atoms with Crippen LogP contribution in [0.5, 0.6) is 0 Å². The first-order valence-corrected chi connectivity index (χ1v) is 7.36. The highest BCUT2D eigenvalue weighted by molar-refractivity contribution is 6.30. The largest absolute Gasteiger partial charge is 0.391 e. The zero-order valence-corrected chi connectivity index (χ0v) is 12.8. The average molecular weight is 301 g/mol. The molecular formula is C15H22ClFN2O. The molecule has 0 bridgehead atoms. The summed E-state index contributed by atoms with van der Waals surface area (Å²) in [5.41, 5.74) is 0.477. The third-order valence-corrected chi connectivity index (χ3v) is 4.31. The number of hydrogen-bond acceptors (Lipinski definition) is 3. The Hall–Kier alpha value is -0.680. The molecule has 1 aromatic rings. The highest BCUT2D eigenvalue weighted by Crippen LogP contribution is 2.21. The van der Waals surface area contributed by atoms with Gasteiger partial charge in [0, 0.05) is 19.0 Å². The van der Waals surface area contributed by atoms with Gasteiger partial charge in [0.2, 0.25) is 0 Å². The number of benzene rings is 1. The Morgan fingerprint density at radius 3 is 2.90 bits per heavy atom. The van der Waals surface area contributed by atoms with Crippen molar-refractivity contribution < 1.29 is 9.50 Å². The Kier molecular flexibility index (Phi) is 5.38. The van der Waals surface area contributed by atoms with Gasteiger partial charge in [-0.05, 0) is 45.2 Å². The van der Waals surface area contributed by atoms with Gasteiger partial charge in [-0.3, -0.25) is 4.90 Å². The van der Waals surface area contributed by atoms with Crippen LogP contribution in [0.2, 0.25) is 5.02 Å². The number of rotatable bonds is 3. The maximum absolute atomic E-state index is 13.9. The van der Waals surface area contributed by atoms with Gasteiger partial charge in [0.25, 0.3) is 0 Å². The van der Waals surface area contributed by atoms with E-state index in [1.54, 1.807) is 12.1 Å². The van der Waals surface area contributed by atoms with Crippen LogP contribution in [0, 0.1) is 5.82 Å². The van der Waals surface area contributed by atoms with Crippen LogP contribution in [-0.4, -0.2) is 60.8 Å². The SMILES string of the molecule is CN1CCCN(C)C(C(O)Cc2cccc(Cl)c2F)C1. The monoisotopic (exact) mass is 300 g/mol. The van der Waals surface area contributed by atoms with Crippen molar-refractivity contribution >= 4 is 11.6 Å². The lowest BCUT2D eigenvalue weighted by Crippen LogP contribution is -2.47. The molecule has 0 radical (unpaired) electrons. The molecule has 0 aromatic heterocycles. The van der Waals surface area contributed by atoms with Crippen molar-refractivity contribution in [3.8, 4) is 0 Å². The maximum Gasteiger partial charge on any atom is 0.145 e. The van der Waals surface area contributed by atoms with Crippen LogP contribution < -0.4 is 0 Å². The Morgan fingerprint density at radius 2 is 2.15 bits per heavy atom. The van der Waals surface area contributed by atoms with Crippen LogP contribution in [0.4, 0.5) is 4.39 Å². The maximum atomic E-state index is 13.9. The molecule has 112 valence electrons. The van der Waals surface area contributed by atoms with Crippen molar-refractivity contribution in [2.75, 3.05) is 33.7 Å².